The molecule has 1 fully saturated rings. The number of benzene rings is 2. The smallest absolute Gasteiger partial charge is 0.254 e. The lowest BCUT2D eigenvalue weighted by Gasteiger charge is -2.27. The number of nitrogens with two attached hydrogens (primary N) is 1. The number of halogens is 1. The first-order valence-electron chi connectivity index (χ1n) is 11.4. The highest BCUT2D eigenvalue weighted by atomic mass is 32.2. The molecule has 2 aromatic carbocycles. The van der Waals surface area contributed by atoms with Gasteiger partial charge in [-0.2, -0.15) is 0 Å². The number of aliphatic imine (C=N–C) groups is 2. The van der Waals surface area contributed by atoms with E-state index in [4.69, 9.17) is 5.73 Å². The molecule has 1 aliphatic carbocycles. The van der Waals surface area contributed by atoms with Crippen molar-refractivity contribution in [3.63, 3.8) is 0 Å². The Labute approximate surface area is 206 Å². The van der Waals surface area contributed by atoms with Gasteiger partial charge in [-0.3, -0.25) is 9.79 Å². The number of carbonyl (C=O) groups is 1. The number of carbonyl (C=O) groups excluding carboxylic acids is 1. The van der Waals surface area contributed by atoms with Crippen LogP contribution >= 0.6 is 0 Å². The molecule has 0 aliphatic heterocycles. The Morgan fingerprint density at radius 3 is 2.37 bits per heavy atom. The van der Waals surface area contributed by atoms with Gasteiger partial charge in [-0.15, -0.1) is 0 Å². The lowest BCUT2D eigenvalue weighted by atomic mass is 9.87. The predicted octanol–water partition coefficient (Wildman–Crippen LogP) is 3.65. The number of sulfone groups is 1. The molecule has 0 unspecified atom stereocenters. The van der Waals surface area contributed by atoms with Crippen LogP contribution in [0.5, 0.6) is 0 Å². The number of rotatable bonds is 8. The van der Waals surface area contributed by atoms with E-state index in [1.807, 2.05) is 30.3 Å². The Bertz CT molecular complexity index is 1250. The van der Waals surface area contributed by atoms with Gasteiger partial charge in [0.2, 0.25) is 0 Å². The highest BCUT2D eigenvalue weighted by molar-refractivity contribution is 7.91. The second kappa shape index (κ2) is 11.4. The number of hydrogen-bond acceptors (Lipinski definition) is 5. The van der Waals surface area contributed by atoms with Crippen LogP contribution in [0.4, 0.5) is 4.39 Å². The molecule has 0 bridgehead atoms. The summed E-state index contributed by atoms with van der Waals surface area (Å²) in [6.07, 6.45) is 3.65. The van der Waals surface area contributed by atoms with Gasteiger partial charge in [0.15, 0.2) is 0 Å². The van der Waals surface area contributed by atoms with E-state index in [2.05, 4.69) is 21.9 Å². The Hall–Kier alpha value is -3.33. The third-order valence-electron chi connectivity index (χ3n) is 6.27. The standard InChI is InChI=1S/C26H31FN4O3S/c1-17(19-9-12-21(13-10-19)35(3,33)34)31-24(25(28)29-2)20-11-14-22(23(27)15-20)26(32)30-16-18-7-5-4-6-8-18/h4-8,11,14-15,19,21H,1,9-10,12-13,16H2,2-3H3,(H2,28,29)(H,30,32)/b31-24-/t19-,21-. The van der Waals surface area contributed by atoms with E-state index in [0.29, 0.717) is 36.9 Å². The summed E-state index contributed by atoms with van der Waals surface area (Å²) in [4.78, 5) is 21.1. The Morgan fingerprint density at radius 1 is 1.14 bits per heavy atom. The zero-order valence-electron chi connectivity index (χ0n) is 20.0. The fourth-order valence-electron chi connectivity index (χ4n) is 4.15. The number of amidine groups is 1. The quantitative estimate of drug-likeness (QED) is 0.427. The third kappa shape index (κ3) is 6.85. The van der Waals surface area contributed by atoms with Gasteiger partial charge < -0.3 is 11.1 Å². The summed E-state index contributed by atoms with van der Waals surface area (Å²) >= 11 is 0. The number of allylic oxidation sites excluding steroid dienone is 1. The zero-order valence-corrected chi connectivity index (χ0v) is 20.8. The molecule has 0 atom stereocenters. The van der Waals surface area contributed by atoms with Gasteiger partial charge >= 0.3 is 0 Å². The van der Waals surface area contributed by atoms with E-state index in [0.717, 1.165) is 5.56 Å². The molecule has 9 heteroatoms. The largest absolute Gasteiger partial charge is 0.382 e. The van der Waals surface area contributed by atoms with Crippen LogP contribution in [0.1, 0.15) is 47.2 Å². The van der Waals surface area contributed by atoms with Crippen molar-refractivity contribution in [3.05, 3.63) is 83.3 Å². The van der Waals surface area contributed by atoms with Crippen LogP contribution in [0.3, 0.4) is 0 Å². The zero-order chi connectivity index (χ0) is 25.6. The topological polar surface area (TPSA) is 114 Å². The minimum Gasteiger partial charge on any atom is -0.382 e. The molecule has 0 saturated heterocycles. The summed E-state index contributed by atoms with van der Waals surface area (Å²) < 4.78 is 38.6. The molecule has 1 amide bonds. The molecule has 1 aliphatic rings. The average molecular weight is 499 g/mol. The van der Waals surface area contributed by atoms with Crippen molar-refractivity contribution in [2.24, 2.45) is 21.6 Å². The molecule has 0 radical (unpaired) electrons. The molecule has 0 aromatic heterocycles. The maximum absolute atomic E-state index is 14.9. The predicted molar refractivity (Wildman–Crippen MR) is 138 cm³/mol. The van der Waals surface area contributed by atoms with Crippen LogP contribution < -0.4 is 11.1 Å². The van der Waals surface area contributed by atoms with Crippen LogP contribution in [0.2, 0.25) is 0 Å². The fourth-order valence-corrected chi connectivity index (χ4v) is 5.28. The van der Waals surface area contributed by atoms with Crippen molar-refractivity contribution in [2.75, 3.05) is 13.3 Å². The molecular weight excluding hydrogens is 467 g/mol. The lowest BCUT2D eigenvalue weighted by molar-refractivity contribution is 0.0947. The van der Waals surface area contributed by atoms with Crippen molar-refractivity contribution in [3.8, 4) is 0 Å². The third-order valence-corrected chi connectivity index (χ3v) is 7.96. The number of nitrogens with zero attached hydrogens (tertiary/aromatic N) is 2. The van der Waals surface area contributed by atoms with E-state index in [9.17, 15) is 17.6 Å². The van der Waals surface area contributed by atoms with Crippen LogP contribution in [-0.4, -0.2) is 44.4 Å². The van der Waals surface area contributed by atoms with Gasteiger partial charge in [-0.05, 0) is 43.4 Å². The first kappa shape index (κ1) is 26.3. The summed E-state index contributed by atoms with van der Waals surface area (Å²) in [6, 6.07) is 13.5. The van der Waals surface area contributed by atoms with Gasteiger partial charge in [0.05, 0.1) is 10.8 Å². The second-order valence-corrected chi connectivity index (χ2v) is 11.1. The fraction of sp³-hybridized carbons (Fsp3) is 0.346. The summed E-state index contributed by atoms with van der Waals surface area (Å²) in [5, 5.41) is 2.37. The molecule has 186 valence electrons. The number of amides is 1. The van der Waals surface area contributed by atoms with E-state index in [1.54, 1.807) is 6.07 Å². The molecule has 35 heavy (non-hydrogen) atoms. The Morgan fingerprint density at radius 2 is 1.80 bits per heavy atom. The van der Waals surface area contributed by atoms with Gasteiger partial charge in [0.25, 0.3) is 5.91 Å². The van der Waals surface area contributed by atoms with Crippen molar-refractivity contribution >= 4 is 27.3 Å². The van der Waals surface area contributed by atoms with Crippen LogP contribution in [0.15, 0.2) is 70.8 Å². The van der Waals surface area contributed by atoms with Gasteiger partial charge in [0, 0.05) is 37.0 Å². The average Bonchev–Trinajstić information content (AvgIpc) is 2.85. The van der Waals surface area contributed by atoms with Crippen LogP contribution in [0, 0.1) is 11.7 Å². The summed E-state index contributed by atoms with van der Waals surface area (Å²) in [5.74, 6) is -1.12. The summed E-state index contributed by atoms with van der Waals surface area (Å²) in [5.41, 5.74) is 8.06. The monoisotopic (exact) mass is 498 g/mol. The van der Waals surface area contributed by atoms with Crippen molar-refractivity contribution in [2.45, 2.75) is 37.5 Å². The Balaban J connectivity index is 1.76. The maximum Gasteiger partial charge on any atom is 0.254 e. The van der Waals surface area contributed by atoms with E-state index >= 15 is 0 Å². The summed E-state index contributed by atoms with van der Waals surface area (Å²) in [7, 11) is -1.57. The van der Waals surface area contributed by atoms with Gasteiger partial charge in [-0.25, -0.2) is 17.8 Å². The highest BCUT2D eigenvalue weighted by Gasteiger charge is 2.29. The number of nitrogens with one attached hydrogen (secondary N) is 1. The minimum atomic E-state index is -3.07. The van der Waals surface area contributed by atoms with Gasteiger partial charge in [-0.1, -0.05) is 43.0 Å². The van der Waals surface area contributed by atoms with Crippen molar-refractivity contribution < 1.29 is 17.6 Å². The maximum atomic E-state index is 14.9. The van der Waals surface area contributed by atoms with Crippen LogP contribution in [0.25, 0.3) is 0 Å². The first-order chi connectivity index (χ1) is 16.6. The first-order valence-corrected chi connectivity index (χ1v) is 13.4. The van der Waals surface area contributed by atoms with E-state index < -0.39 is 21.6 Å². The van der Waals surface area contributed by atoms with Gasteiger partial charge in [0.1, 0.15) is 27.2 Å². The van der Waals surface area contributed by atoms with Crippen molar-refractivity contribution in [1.82, 2.24) is 5.32 Å². The normalized spacial score (nSPS) is 19.3. The van der Waals surface area contributed by atoms with Crippen molar-refractivity contribution in [1.29, 1.82) is 0 Å². The molecular formula is C26H31FN4O3S. The molecule has 7 nitrogen and oxygen atoms in total. The van der Waals surface area contributed by atoms with Crippen LogP contribution in [-0.2, 0) is 16.4 Å². The SMILES string of the molecule is C=C(/N=C(\C(N)=N/C)c1ccc(C(=O)NCc2ccccc2)c(F)c1)[C@H]1CC[C@H](S(C)(=O)=O)CC1. The summed E-state index contributed by atoms with van der Waals surface area (Å²) in [6.45, 7) is 4.35. The lowest BCUT2D eigenvalue weighted by Crippen LogP contribution is -2.28. The Kier molecular flexibility index (Phi) is 8.56. The molecule has 1 saturated carbocycles. The van der Waals surface area contributed by atoms with E-state index in [1.165, 1.54) is 25.4 Å². The molecule has 0 heterocycles. The second-order valence-electron chi connectivity index (χ2n) is 8.73. The molecule has 0 spiro atoms. The molecule has 3 N–H and O–H groups in total. The molecule has 2 aromatic rings. The van der Waals surface area contributed by atoms with E-state index in [-0.39, 0.29) is 34.8 Å². The molecule has 3 rings (SSSR count). The minimum absolute atomic E-state index is 0.000501. The highest BCUT2D eigenvalue weighted by Crippen LogP contribution is 2.33. The number of hydrogen-bond donors (Lipinski definition) is 2.